The highest BCUT2D eigenvalue weighted by Gasteiger charge is 2.27. The summed E-state index contributed by atoms with van der Waals surface area (Å²) in [6, 6.07) is 0.738. The van der Waals surface area contributed by atoms with Crippen LogP contribution in [-0.2, 0) is 19.5 Å². The molecule has 0 unspecified atom stereocenters. The van der Waals surface area contributed by atoms with Crippen LogP contribution in [0.4, 0.5) is 0 Å². The predicted molar refractivity (Wildman–Crippen MR) is 112 cm³/mol. The van der Waals surface area contributed by atoms with E-state index in [1.54, 1.807) is 6.08 Å². The molecule has 3 N–H and O–H groups in total. The van der Waals surface area contributed by atoms with Crippen molar-refractivity contribution in [1.29, 1.82) is 0 Å². The molecule has 2 aliphatic heterocycles. The van der Waals surface area contributed by atoms with Gasteiger partial charge in [-0.25, -0.2) is 13.6 Å². The molecule has 0 bridgehead atoms. The lowest BCUT2D eigenvalue weighted by molar-refractivity contribution is -0.0677. The summed E-state index contributed by atoms with van der Waals surface area (Å²) in [4.78, 5) is 4.48. The number of methoxy groups -OCH3 is 1. The zero-order valence-electron chi connectivity index (χ0n) is 15.6. The average molecular weight is 491 g/mol. The first-order valence-electron chi connectivity index (χ1n) is 8.41. The molecule has 2 heterocycles. The highest BCUT2D eigenvalue weighted by atomic mass is 127. The van der Waals surface area contributed by atoms with E-state index in [2.05, 4.69) is 39.4 Å². The summed E-state index contributed by atoms with van der Waals surface area (Å²) in [6.45, 7) is 12.1. The first kappa shape index (κ1) is 25.2. The first-order valence-corrected chi connectivity index (χ1v) is 12.2. The molecular weight excluding hydrogens is 457 g/mol. The maximum atomic E-state index is 11.1. The standard InChI is InChI=1S/C8H17NO3S.C7H14N2O.CH3I/c1-4-5-7(2)8(6-12-3)13(9,10)11;1-3-9(4-2-8-1)7-5-10-6-7;1-2/h4,7-8H,1,5-6H2,2-3H3,(H2,9,10,11);7-8H,1-6H2;1H3/t7-,8+;;/m0../s1. The van der Waals surface area contributed by atoms with Crippen molar-refractivity contribution in [2.45, 2.75) is 24.6 Å². The average Bonchev–Trinajstić information content (AvgIpc) is 2.53. The Bertz CT molecular complexity index is 441. The number of ether oxygens (including phenoxy) is 2. The first-order chi connectivity index (χ1) is 11.9. The van der Waals surface area contributed by atoms with Crippen LogP contribution in [-0.4, -0.2) is 82.6 Å². The van der Waals surface area contributed by atoms with Crippen LogP contribution < -0.4 is 10.5 Å². The summed E-state index contributed by atoms with van der Waals surface area (Å²) in [7, 11) is -2.06. The van der Waals surface area contributed by atoms with Gasteiger partial charge in [0.05, 0.1) is 25.9 Å². The van der Waals surface area contributed by atoms with Crippen molar-refractivity contribution in [3.63, 3.8) is 0 Å². The molecule has 0 radical (unpaired) electrons. The Morgan fingerprint density at radius 3 is 2.32 bits per heavy atom. The number of alkyl halides is 1. The molecule has 2 rings (SSSR count). The maximum absolute atomic E-state index is 11.1. The second kappa shape index (κ2) is 14.3. The number of piperazine rings is 1. The molecule has 9 heteroatoms. The fourth-order valence-corrected chi connectivity index (χ4v) is 3.73. The maximum Gasteiger partial charge on any atom is 0.214 e. The number of halogens is 1. The molecule has 0 spiro atoms. The van der Waals surface area contributed by atoms with Gasteiger partial charge < -0.3 is 14.8 Å². The monoisotopic (exact) mass is 491 g/mol. The summed E-state index contributed by atoms with van der Waals surface area (Å²) >= 11 is 2.15. The third-order valence-electron chi connectivity index (χ3n) is 4.21. The molecule has 2 saturated heterocycles. The number of nitrogens with one attached hydrogen (secondary N) is 1. The number of primary sulfonamides is 1. The Morgan fingerprint density at radius 2 is 1.96 bits per heavy atom. The lowest BCUT2D eigenvalue weighted by Gasteiger charge is -2.39. The summed E-state index contributed by atoms with van der Waals surface area (Å²) in [5.41, 5.74) is 0. The van der Waals surface area contributed by atoms with Crippen LogP contribution in [0.5, 0.6) is 0 Å². The van der Waals surface area contributed by atoms with Gasteiger partial charge in [-0.05, 0) is 17.3 Å². The fourth-order valence-electron chi connectivity index (χ4n) is 2.64. The molecule has 150 valence electrons. The van der Waals surface area contributed by atoms with Gasteiger partial charge in [0, 0.05) is 33.3 Å². The molecule has 0 amide bonds. The molecule has 2 aliphatic rings. The highest BCUT2D eigenvalue weighted by molar-refractivity contribution is 14.1. The number of rotatable bonds is 7. The summed E-state index contributed by atoms with van der Waals surface area (Å²) < 4.78 is 32.1. The van der Waals surface area contributed by atoms with Gasteiger partial charge in [0.2, 0.25) is 10.0 Å². The molecule has 0 aromatic heterocycles. The van der Waals surface area contributed by atoms with Crippen LogP contribution in [0.25, 0.3) is 0 Å². The van der Waals surface area contributed by atoms with Crippen molar-refractivity contribution >= 4 is 32.6 Å². The molecule has 25 heavy (non-hydrogen) atoms. The van der Waals surface area contributed by atoms with Crippen LogP contribution >= 0.6 is 22.6 Å². The van der Waals surface area contributed by atoms with E-state index in [1.165, 1.54) is 20.2 Å². The Balaban J connectivity index is 0.000000426. The minimum absolute atomic E-state index is 0.0625. The fraction of sp³-hybridized carbons (Fsp3) is 0.875. The van der Waals surface area contributed by atoms with Gasteiger partial charge >= 0.3 is 0 Å². The van der Waals surface area contributed by atoms with E-state index in [4.69, 9.17) is 14.6 Å². The molecular formula is C16H34IN3O4S. The SMILES string of the molecule is C1CN(C2COC2)CCN1.C=CC[C@H](C)[C@@H](COC)S(N)(=O)=O.CI. The van der Waals surface area contributed by atoms with Gasteiger partial charge in [0.25, 0.3) is 0 Å². The Hall–Kier alpha value is 0.220. The van der Waals surface area contributed by atoms with Crippen LogP contribution in [0, 0.1) is 5.92 Å². The second-order valence-corrected chi connectivity index (χ2v) is 7.85. The molecule has 0 aromatic rings. The lowest BCUT2D eigenvalue weighted by atomic mass is 10.0. The second-order valence-electron chi connectivity index (χ2n) is 6.06. The Morgan fingerprint density at radius 1 is 1.40 bits per heavy atom. The van der Waals surface area contributed by atoms with Crippen LogP contribution in [0.3, 0.4) is 0 Å². The van der Waals surface area contributed by atoms with E-state index in [0.29, 0.717) is 6.42 Å². The minimum Gasteiger partial charge on any atom is -0.383 e. The number of sulfonamides is 1. The van der Waals surface area contributed by atoms with Crippen molar-refractivity contribution in [2.75, 3.05) is 58.0 Å². The molecule has 0 aliphatic carbocycles. The third-order valence-corrected chi connectivity index (χ3v) is 5.66. The van der Waals surface area contributed by atoms with Crippen molar-refractivity contribution in [1.82, 2.24) is 10.2 Å². The summed E-state index contributed by atoms with van der Waals surface area (Å²) in [5, 5.41) is 7.75. The van der Waals surface area contributed by atoms with Crippen molar-refractivity contribution in [2.24, 2.45) is 11.1 Å². The number of allylic oxidation sites excluding steroid dienone is 1. The van der Waals surface area contributed by atoms with Crippen LogP contribution in [0.15, 0.2) is 12.7 Å². The van der Waals surface area contributed by atoms with Gasteiger partial charge in [-0.1, -0.05) is 35.6 Å². The molecule has 0 saturated carbocycles. The van der Waals surface area contributed by atoms with Gasteiger partial charge in [0.15, 0.2) is 0 Å². The van der Waals surface area contributed by atoms with Crippen molar-refractivity contribution in [3.05, 3.63) is 12.7 Å². The Labute approximate surface area is 166 Å². The number of nitrogens with zero attached hydrogens (tertiary/aromatic N) is 1. The number of nitrogens with two attached hydrogens (primary N) is 1. The lowest BCUT2D eigenvalue weighted by Crippen LogP contribution is -2.55. The Kier molecular flexibility index (Phi) is 14.4. The smallest absolute Gasteiger partial charge is 0.214 e. The topological polar surface area (TPSA) is 93.9 Å². The van der Waals surface area contributed by atoms with E-state index < -0.39 is 15.3 Å². The van der Waals surface area contributed by atoms with Gasteiger partial charge in [0.1, 0.15) is 5.25 Å². The van der Waals surface area contributed by atoms with E-state index in [0.717, 1.165) is 32.3 Å². The van der Waals surface area contributed by atoms with Gasteiger partial charge in [-0.2, -0.15) is 0 Å². The summed E-state index contributed by atoms with van der Waals surface area (Å²) in [5.74, 6) is -0.0625. The molecule has 2 fully saturated rings. The molecule has 0 aromatic carbocycles. The van der Waals surface area contributed by atoms with Gasteiger partial charge in [-0.15, -0.1) is 6.58 Å². The zero-order valence-corrected chi connectivity index (χ0v) is 18.6. The van der Waals surface area contributed by atoms with Crippen LogP contribution in [0.1, 0.15) is 13.3 Å². The van der Waals surface area contributed by atoms with Gasteiger partial charge in [-0.3, -0.25) is 4.90 Å². The quantitative estimate of drug-likeness (QED) is 0.312. The minimum atomic E-state index is -3.52. The van der Waals surface area contributed by atoms with Crippen molar-refractivity contribution in [3.8, 4) is 0 Å². The molecule has 2 atom stereocenters. The van der Waals surface area contributed by atoms with E-state index in [1.807, 2.05) is 11.9 Å². The van der Waals surface area contributed by atoms with E-state index in [-0.39, 0.29) is 12.5 Å². The van der Waals surface area contributed by atoms with E-state index >= 15 is 0 Å². The highest BCUT2D eigenvalue weighted by Crippen LogP contribution is 2.15. The zero-order chi connectivity index (χ0) is 19.3. The number of hydrogen-bond donors (Lipinski definition) is 2. The normalized spacial score (nSPS) is 20.8. The van der Waals surface area contributed by atoms with E-state index in [9.17, 15) is 8.42 Å². The summed E-state index contributed by atoms with van der Waals surface area (Å²) in [6.07, 6.45) is 2.29. The van der Waals surface area contributed by atoms with Crippen molar-refractivity contribution < 1.29 is 17.9 Å². The largest absolute Gasteiger partial charge is 0.383 e. The third kappa shape index (κ3) is 10.2. The molecule has 7 nitrogen and oxygen atoms in total. The predicted octanol–water partition coefficient (Wildman–Crippen LogP) is 0.844. The van der Waals surface area contributed by atoms with Crippen LogP contribution in [0.2, 0.25) is 0 Å². The number of hydrogen-bond acceptors (Lipinski definition) is 6.